The van der Waals surface area contributed by atoms with Gasteiger partial charge in [0, 0.05) is 18.3 Å². The first-order valence-corrected chi connectivity index (χ1v) is 5.39. The normalized spacial score (nSPS) is 9.68. The summed E-state index contributed by atoms with van der Waals surface area (Å²) in [6, 6.07) is 9.43. The molecule has 0 radical (unpaired) electrons. The number of rotatable bonds is 3. The van der Waals surface area contributed by atoms with Gasteiger partial charge in [0.15, 0.2) is 0 Å². The number of pyridine rings is 1. The maximum Gasteiger partial charge on any atom is 0.311 e. The first kappa shape index (κ1) is 12.5. The van der Waals surface area contributed by atoms with Crippen molar-refractivity contribution < 1.29 is 9.66 Å². The van der Waals surface area contributed by atoms with Crippen molar-refractivity contribution >= 4 is 5.69 Å². The van der Waals surface area contributed by atoms with E-state index >= 15 is 0 Å². The summed E-state index contributed by atoms with van der Waals surface area (Å²) in [5.74, 6) is 0.473. The predicted molar refractivity (Wildman–Crippen MR) is 66.9 cm³/mol. The highest BCUT2D eigenvalue weighted by molar-refractivity contribution is 5.50. The molecule has 6 nitrogen and oxygen atoms in total. The summed E-state index contributed by atoms with van der Waals surface area (Å²) in [7, 11) is 0. The second kappa shape index (κ2) is 5.14. The van der Waals surface area contributed by atoms with E-state index in [9.17, 15) is 10.1 Å². The molecule has 0 fully saturated rings. The maximum atomic E-state index is 10.9. The third-order valence-corrected chi connectivity index (χ3v) is 2.39. The fraction of sp³-hybridized carbons (Fsp3) is 0.0769. The van der Waals surface area contributed by atoms with Crippen molar-refractivity contribution in [2.24, 2.45) is 0 Å². The van der Waals surface area contributed by atoms with Crippen molar-refractivity contribution in [2.75, 3.05) is 0 Å². The Hall–Kier alpha value is -2.94. The highest BCUT2D eigenvalue weighted by Crippen LogP contribution is 2.32. The van der Waals surface area contributed by atoms with Gasteiger partial charge < -0.3 is 4.74 Å². The SMILES string of the molecule is Cc1ccc([N+](=O)[O-])c(Oc2ccnc(C#N)c2)c1. The fourth-order valence-corrected chi connectivity index (χ4v) is 1.52. The van der Waals surface area contributed by atoms with Crippen LogP contribution in [0, 0.1) is 28.4 Å². The molecule has 2 aromatic rings. The number of aryl methyl sites for hydroxylation is 1. The number of nitrogens with zero attached hydrogens (tertiary/aromatic N) is 3. The largest absolute Gasteiger partial charge is 0.450 e. The molecule has 0 atom stereocenters. The van der Waals surface area contributed by atoms with Crippen molar-refractivity contribution in [3.63, 3.8) is 0 Å². The van der Waals surface area contributed by atoms with Gasteiger partial charge in [0.05, 0.1) is 4.92 Å². The van der Waals surface area contributed by atoms with Gasteiger partial charge in [0.2, 0.25) is 5.75 Å². The number of benzene rings is 1. The number of hydrogen-bond donors (Lipinski definition) is 0. The van der Waals surface area contributed by atoms with Crippen LogP contribution < -0.4 is 4.74 Å². The van der Waals surface area contributed by atoms with Crippen LogP contribution in [0.2, 0.25) is 0 Å². The molecular formula is C13H9N3O3. The Bertz CT molecular complexity index is 677. The van der Waals surface area contributed by atoms with E-state index in [-0.39, 0.29) is 17.1 Å². The van der Waals surface area contributed by atoms with Crippen LogP contribution in [0.25, 0.3) is 0 Å². The molecule has 0 bridgehead atoms. The van der Waals surface area contributed by atoms with E-state index in [2.05, 4.69) is 4.98 Å². The first-order valence-electron chi connectivity index (χ1n) is 5.39. The molecule has 0 unspecified atom stereocenters. The third-order valence-electron chi connectivity index (χ3n) is 2.39. The maximum absolute atomic E-state index is 10.9. The van der Waals surface area contributed by atoms with Gasteiger partial charge in [-0.2, -0.15) is 5.26 Å². The fourth-order valence-electron chi connectivity index (χ4n) is 1.52. The van der Waals surface area contributed by atoms with Gasteiger partial charge in [-0.25, -0.2) is 4.98 Å². The van der Waals surface area contributed by atoms with Gasteiger partial charge in [-0.15, -0.1) is 0 Å². The zero-order chi connectivity index (χ0) is 13.8. The lowest BCUT2D eigenvalue weighted by atomic mass is 10.2. The Labute approximate surface area is 109 Å². The monoisotopic (exact) mass is 255 g/mol. The van der Waals surface area contributed by atoms with Gasteiger partial charge in [-0.1, -0.05) is 6.07 Å². The van der Waals surface area contributed by atoms with Crippen molar-refractivity contribution in [1.82, 2.24) is 4.98 Å². The summed E-state index contributed by atoms with van der Waals surface area (Å²) in [4.78, 5) is 14.2. The lowest BCUT2D eigenvalue weighted by Crippen LogP contribution is -1.94. The van der Waals surface area contributed by atoms with E-state index < -0.39 is 4.92 Å². The molecule has 0 amide bonds. The van der Waals surface area contributed by atoms with Crippen LogP contribution in [-0.2, 0) is 0 Å². The molecule has 0 aliphatic carbocycles. The standard InChI is InChI=1S/C13H9N3O3/c1-9-2-3-12(16(17)18)13(6-9)19-11-4-5-15-10(7-11)8-14/h2-7H,1H3. The molecule has 1 aromatic carbocycles. The van der Waals surface area contributed by atoms with Gasteiger partial charge >= 0.3 is 5.69 Å². The van der Waals surface area contributed by atoms with E-state index in [1.807, 2.05) is 13.0 Å². The lowest BCUT2D eigenvalue weighted by Gasteiger charge is -2.06. The molecule has 19 heavy (non-hydrogen) atoms. The Morgan fingerprint density at radius 1 is 1.37 bits per heavy atom. The number of nitriles is 1. The second-order valence-electron chi connectivity index (χ2n) is 3.82. The van der Waals surface area contributed by atoms with Crippen LogP contribution in [0.1, 0.15) is 11.3 Å². The predicted octanol–water partition coefficient (Wildman–Crippen LogP) is 2.96. The highest BCUT2D eigenvalue weighted by atomic mass is 16.6. The zero-order valence-corrected chi connectivity index (χ0v) is 10.0. The van der Waals surface area contributed by atoms with E-state index in [0.717, 1.165) is 5.56 Å². The summed E-state index contributed by atoms with van der Waals surface area (Å²) < 4.78 is 5.46. The number of nitro benzene ring substituents is 1. The van der Waals surface area contributed by atoms with E-state index in [4.69, 9.17) is 10.00 Å². The third kappa shape index (κ3) is 2.84. The molecule has 0 aliphatic rings. The van der Waals surface area contributed by atoms with Crippen molar-refractivity contribution in [1.29, 1.82) is 5.26 Å². The van der Waals surface area contributed by atoms with Crippen molar-refractivity contribution in [2.45, 2.75) is 6.92 Å². The van der Waals surface area contributed by atoms with E-state index in [0.29, 0.717) is 5.75 Å². The number of nitro groups is 1. The number of hydrogen-bond acceptors (Lipinski definition) is 5. The molecule has 1 aromatic heterocycles. The van der Waals surface area contributed by atoms with Gasteiger partial charge in [0.1, 0.15) is 17.5 Å². The zero-order valence-electron chi connectivity index (χ0n) is 10.0. The Kier molecular flexibility index (Phi) is 3.39. The van der Waals surface area contributed by atoms with Crippen LogP contribution >= 0.6 is 0 Å². The van der Waals surface area contributed by atoms with Crippen molar-refractivity contribution in [3.05, 3.63) is 57.9 Å². The van der Waals surface area contributed by atoms with Gasteiger partial charge in [0.25, 0.3) is 0 Å². The second-order valence-corrected chi connectivity index (χ2v) is 3.82. The summed E-state index contributed by atoms with van der Waals surface area (Å²) >= 11 is 0. The topological polar surface area (TPSA) is 89.1 Å². The smallest absolute Gasteiger partial charge is 0.311 e. The average Bonchev–Trinajstić information content (AvgIpc) is 2.38. The summed E-state index contributed by atoms with van der Waals surface area (Å²) in [5.41, 5.74) is 0.906. The molecule has 6 heteroatoms. The molecule has 0 aliphatic heterocycles. The molecule has 2 rings (SSSR count). The average molecular weight is 255 g/mol. The molecule has 0 saturated carbocycles. The first-order chi connectivity index (χ1) is 9.10. The molecular weight excluding hydrogens is 246 g/mol. The summed E-state index contributed by atoms with van der Waals surface area (Å²) in [6.07, 6.45) is 1.41. The Morgan fingerprint density at radius 3 is 2.84 bits per heavy atom. The minimum absolute atomic E-state index is 0.124. The summed E-state index contributed by atoms with van der Waals surface area (Å²) in [5, 5.41) is 19.6. The van der Waals surface area contributed by atoms with Gasteiger partial charge in [-0.3, -0.25) is 10.1 Å². The minimum Gasteiger partial charge on any atom is -0.450 e. The Morgan fingerprint density at radius 2 is 2.16 bits per heavy atom. The van der Waals surface area contributed by atoms with E-state index in [1.54, 1.807) is 12.1 Å². The van der Waals surface area contributed by atoms with E-state index in [1.165, 1.54) is 24.4 Å². The van der Waals surface area contributed by atoms with Crippen LogP contribution in [0.15, 0.2) is 36.5 Å². The number of ether oxygens (including phenoxy) is 1. The van der Waals surface area contributed by atoms with Gasteiger partial charge in [-0.05, 0) is 24.6 Å². The molecule has 0 saturated heterocycles. The lowest BCUT2D eigenvalue weighted by molar-refractivity contribution is -0.385. The van der Waals surface area contributed by atoms with Crippen LogP contribution in [0.4, 0.5) is 5.69 Å². The van der Waals surface area contributed by atoms with Crippen molar-refractivity contribution in [3.8, 4) is 17.6 Å². The molecule has 94 valence electrons. The van der Waals surface area contributed by atoms with Crippen LogP contribution in [-0.4, -0.2) is 9.91 Å². The number of aromatic nitrogens is 1. The molecule has 1 heterocycles. The summed E-state index contributed by atoms with van der Waals surface area (Å²) in [6.45, 7) is 1.81. The molecule has 0 N–H and O–H groups in total. The highest BCUT2D eigenvalue weighted by Gasteiger charge is 2.15. The minimum atomic E-state index is -0.513. The molecule has 0 spiro atoms. The van der Waals surface area contributed by atoms with Crippen LogP contribution in [0.3, 0.4) is 0 Å². The quantitative estimate of drug-likeness (QED) is 0.621. The van der Waals surface area contributed by atoms with Crippen LogP contribution in [0.5, 0.6) is 11.5 Å². The Balaban J connectivity index is 2.40.